The Kier molecular flexibility index (Phi) is 7.93. The molecule has 0 aliphatic heterocycles. The second-order valence-corrected chi connectivity index (χ2v) is 5.99. The molecule has 0 bridgehead atoms. The van der Waals surface area contributed by atoms with Crippen molar-refractivity contribution in [1.82, 2.24) is 0 Å². The lowest BCUT2D eigenvalue weighted by Crippen LogP contribution is -2.22. The molecule has 0 aromatic carbocycles. The highest BCUT2D eigenvalue weighted by molar-refractivity contribution is 5.66. The number of aliphatic hydroxyl groups is 3. The van der Waals surface area contributed by atoms with Gasteiger partial charge in [0.05, 0.1) is 18.3 Å². The molecule has 1 saturated carbocycles. The fourth-order valence-corrected chi connectivity index (χ4v) is 3.02. The molecule has 0 spiro atoms. The topological polar surface area (TPSA) is 98.0 Å². The zero-order chi connectivity index (χ0) is 15.8. The Morgan fingerprint density at radius 3 is 2.62 bits per heavy atom. The molecular weight excluding hydrogens is 272 g/mol. The largest absolute Gasteiger partial charge is 0.481 e. The number of hydrogen-bond donors (Lipinski definition) is 4. The van der Waals surface area contributed by atoms with Crippen LogP contribution in [-0.2, 0) is 4.79 Å². The lowest BCUT2D eigenvalue weighted by Gasteiger charge is -2.20. The molecule has 0 radical (unpaired) electrons. The molecule has 5 nitrogen and oxygen atoms in total. The molecular formula is C16H28O5. The monoisotopic (exact) mass is 300 g/mol. The Bertz CT molecular complexity index is 342. The number of hydrogen-bond acceptors (Lipinski definition) is 4. The molecule has 0 saturated heterocycles. The predicted molar refractivity (Wildman–Crippen MR) is 79.8 cm³/mol. The minimum Gasteiger partial charge on any atom is -0.481 e. The standard InChI is InChI=1S/C16H28O5/c1-2-3-4-5-11(17)6-7-12-13(8-9-16(20)21)15(19)10-14(12)18/h6-7,11-15,17-19H,2-5,8-10H2,1H3,(H,20,21). The van der Waals surface area contributed by atoms with Crippen LogP contribution >= 0.6 is 0 Å². The SMILES string of the molecule is CCCCCC(O)C=CC1C(O)CC(O)C1CCC(=O)O. The lowest BCUT2D eigenvalue weighted by atomic mass is 9.88. The third kappa shape index (κ3) is 6.16. The molecule has 0 aromatic rings. The smallest absolute Gasteiger partial charge is 0.303 e. The van der Waals surface area contributed by atoms with Crippen molar-refractivity contribution < 1.29 is 25.2 Å². The Balaban J connectivity index is 2.53. The maximum atomic E-state index is 10.7. The van der Waals surface area contributed by atoms with Gasteiger partial charge in [0.2, 0.25) is 0 Å². The number of rotatable bonds is 9. The Hall–Kier alpha value is -0.910. The van der Waals surface area contributed by atoms with Gasteiger partial charge in [-0.3, -0.25) is 4.79 Å². The van der Waals surface area contributed by atoms with Gasteiger partial charge in [0.25, 0.3) is 0 Å². The summed E-state index contributed by atoms with van der Waals surface area (Å²) in [5.41, 5.74) is 0. The van der Waals surface area contributed by atoms with E-state index in [9.17, 15) is 20.1 Å². The van der Waals surface area contributed by atoms with Crippen molar-refractivity contribution >= 4 is 5.97 Å². The second kappa shape index (κ2) is 9.18. The third-order valence-corrected chi connectivity index (χ3v) is 4.27. The first-order valence-electron chi connectivity index (χ1n) is 7.90. The van der Waals surface area contributed by atoms with Crippen molar-refractivity contribution in [2.24, 2.45) is 11.8 Å². The highest BCUT2D eigenvalue weighted by Gasteiger charge is 2.40. The number of aliphatic carboxylic acids is 1. The second-order valence-electron chi connectivity index (χ2n) is 5.99. The number of aliphatic hydroxyl groups excluding tert-OH is 3. The molecule has 1 fully saturated rings. The molecule has 0 aromatic heterocycles. The minimum absolute atomic E-state index is 0.0160. The van der Waals surface area contributed by atoms with Crippen LogP contribution in [0, 0.1) is 11.8 Å². The average molecular weight is 300 g/mol. The van der Waals surface area contributed by atoms with Crippen molar-refractivity contribution in [3.8, 4) is 0 Å². The molecule has 21 heavy (non-hydrogen) atoms. The first-order valence-corrected chi connectivity index (χ1v) is 7.90. The first-order chi connectivity index (χ1) is 9.95. The van der Waals surface area contributed by atoms with E-state index in [0.29, 0.717) is 12.8 Å². The van der Waals surface area contributed by atoms with Gasteiger partial charge in [-0.05, 0) is 18.8 Å². The van der Waals surface area contributed by atoms with Gasteiger partial charge in [-0.2, -0.15) is 0 Å². The number of carboxylic acid groups (broad SMARTS) is 1. The molecule has 1 rings (SSSR count). The lowest BCUT2D eigenvalue weighted by molar-refractivity contribution is -0.137. The van der Waals surface area contributed by atoms with Gasteiger partial charge >= 0.3 is 5.97 Å². The summed E-state index contributed by atoms with van der Waals surface area (Å²) in [5, 5.41) is 38.5. The van der Waals surface area contributed by atoms with Crippen molar-refractivity contribution in [3.05, 3.63) is 12.2 Å². The number of unbranched alkanes of at least 4 members (excludes halogenated alkanes) is 2. The molecule has 122 valence electrons. The molecule has 0 amide bonds. The quantitative estimate of drug-likeness (QED) is 0.384. The van der Waals surface area contributed by atoms with E-state index in [1.54, 1.807) is 12.2 Å². The van der Waals surface area contributed by atoms with Crippen molar-refractivity contribution in [2.45, 2.75) is 70.2 Å². The molecule has 5 unspecified atom stereocenters. The molecule has 1 aliphatic rings. The summed E-state index contributed by atoms with van der Waals surface area (Å²) in [7, 11) is 0. The van der Waals surface area contributed by atoms with Crippen LogP contribution in [-0.4, -0.2) is 44.7 Å². The molecule has 4 N–H and O–H groups in total. The van der Waals surface area contributed by atoms with Gasteiger partial charge in [0.15, 0.2) is 0 Å². The van der Waals surface area contributed by atoms with Gasteiger partial charge in [0.1, 0.15) is 0 Å². The van der Waals surface area contributed by atoms with Gasteiger partial charge in [0, 0.05) is 18.8 Å². The van der Waals surface area contributed by atoms with Crippen molar-refractivity contribution in [1.29, 1.82) is 0 Å². The predicted octanol–water partition coefficient (Wildman–Crippen LogP) is 1.71. The Morgan fingerprint density at radius 1 is 1.29 bits per heavy atom. The Morgan fingerprint density at radius 2 is 2.00 bits per heavy atom. The van der Waals surface area contributed by atoms with Crippen LogP contribution in [0.25, 0.3) is 0 Å². The van der Waals surface area contributed by atoms with E-state index < -0.39 is 24.3 Å². The summed E-state index contributed by atoms with van der Waals surface area (Å²) in [6.45, 7) is 2.10. The van der Waals surface area contributed by atoms with Crippen LogP contribution < -0.4 is 0 Å². The fourth-order valence-electron chi connectivity index (χ4n) is 3.02. The molecule has 5 atom stereocenters. The van der Waals surface area contributed by atoms with E-state index in [1.807, 2.05) is 0 Å². The highest BCUT2D eigenvalue weighted by atomic mass is 16.4. The summed E-state index contributed by atoms with van der Waals surface area (Å²) >= 11 is 0. The summed E-state index contributed by atoms with van der Waals surface area (Å²) in [6.07, 6.45) is 5.97. The van der Waals surface area contributed by atoms with E-state index >= 15 is 0 Å². The highest BCUT2D eigenvalue weighted by Crippen LogP contribution is 2.36. The summed E-state index contributed by atoms with van der Waals surface area (Å²) in [4.78, 5) is 10.7. The molecule has 5 heteroatoms. The van der Waals surface area contributed by atoms with Gasteiger partial charge in [-0.25, -0.2) is 0 Å². The van der Waals surface area contributed by atoms with Crippen molar-refractivity contribution in [2.75, 3.05) is 0 Å². The summed E-state index contributed by atoms with van der Waals surface area (Å²) < 4.78 is 0. The average Bonchev–Trinajstić information content (AvgIpc) is 2.68. The Labute approximate surface area is 126 Å². The summed E-state index contributed by atoms with van der Waals surface area (Å²) in [6, 6.07) is 0. The minimum atomic E-state index is -0.897. The van der Waals surface area contributed by atoms with E-state index in [-0.39, 0.29) is 24.7 Å². The van der Waals surface area contributed by atoms with Crippen LogP contribution in [0.2, 0.25) is 0 Å². The van der Waals surface area contributed by atoms with E-state index in [2.05, 4.69) is 6.92 Å². The number of carboxylic acids is 1. The maximum Gasteiger partial charge on any atom is 0.303 e. The van der Waals surface area contributed by atoms with Crippen molar-refractivity contribution in [3.63, 3.8) is 0 Å². The fraction of sp³-hybridized carbons (Fsp3) is 0.812. The third-order valence-electron chi connectivity index (χ3n) is 4.27. The van der Waals surface area contributed by atoms with Gasteiger partial charge in [-0.15, -0.1) is 0 Å². The van der Waals surface area contributed by atoms with E-state index in [1.165, 1.54) is 0 Å². The summed E-state index contributed by atoms with van der Waals surface area (Å²) in [5.74, 6) is -1.43. The van der Waals surface area contributed by atoms with Gasteiger partial charge in [-0.1, -0.05) is 38.3 Å². The van der Waals surface area contributed by atoms with Gasteiger partial charge < -0.3 is 20.4 Å². The number of carbonyl (C=O) groups is 1. The molecule has 1 aliphatic carbocycles. The van der Waals surface area contributed by atoms with Crippen LogP contribution in [0.1, 0.15) is 51.9 Å². The van der Waals surface area contributed by atoms with E-state index in [4.69, 9.17) is 5.11 Å². The first kappa shape index (κ1) is 18.1. The normalized spacial score (nSPS) is 30.9. The zero-order valence-corrected chi connectivity index (χ0v) is 12.7. The van der Waals surface area contributed by atoms with Crippen LogP contribution in [0.3, 0.4) is 0 Å². The van der Waals surface area contributed by atoms with Crippen LogP contribution in [0.4, 0.5) is 0 Å². The zero-order valence-electron chi connectivity index (χ0n) is 12.7. The van der Waals surface area contributed by atoms with Crippen LogP contribution in [0.5, 0.6) is 0 Å². The van der Waals surface area contributed by atoms with E-state index in [0.717, 1.165) is 19.3 Å². The van der Waals surface area contributed by atoms with Crippen LogP contribution in [0.15, 0.2) is 12.2 Å². The maximum absolute atomic E-state index is 10.7. The molecule has 0 heterocycles.